The second kappa shape index (κ2) is 9.07. The van der Waals surface area contributed by atoms with Crippen molar-refractivity contribution < 1.29 is 17.7 Å². The molecule has 1 aliphatic heterocycles. The SMILES string of the molecule is CCCc1noc(-c2cc(S(=O)(=O)N3CCN(c4ccccc4)CC3)ccc2OC)n1. The standard InChI is InChI=1S/C22H26N4O4S/c1-3-7-21-23-22(30-24-21)19-16-18(10-11-20(19)29-2)31(27,28)26-14-12-25(13-15-26)17-8-5-4-6-9-17/h4-6,8-11,16H,3,7,12-15H2,1-2H3. The van der Waals surface area contributed by atoms with Gasteiger partial charge in [-0.1, -0.05) is 30.3 Å². The number of benzene rings is 2. The number of para-hydroxylation sites is 1. The van der Waals surface area contributed by atoms with E-state index in [1.54, 1.807) is 18.2 Å². The minimum Gasteiger partial charge on any atom is -0.496 e. The van der Waals surface area contributed by atoms with Gasteiger partial charge in [-0.05, 0) is 36.8 Å². The first-order valence-corrected chi connectivity index (χ1v) is 11.8. The van der Waals surface area contributed by atoms with E-state index < -0.39 is 10.0 Å². The summed E-state index contributed by atoms with van der Waals surface area (Å²) < 4.78 is 38.9. The number of sulfonamides is 1. The molecule has 0 bridgehead atoms. The summed E-state index contributed by atoms with van der Waals surface area (Å²) in [4.78, 5) is 6.77. The minimum atomic E-state index is -3.67. The van der Waals surface area contributed by atoms with Crippen LogP contribution in [0.25, 0.3) is 11.5 Å². The van der Waals surface area contributed by atoms with Gasteiger partial charge in [0.05, 0.1) is 17.6 Å². The number of aryl methyl sites for hydroxylation is 1. The molecule has 3 aromatic rings. The van der Waals surface area contributed by atoms with E-state index in [0.717, 1.165) is 12.1 Å². The molecule has 1 aromatic heterocycles. The van der Waals surface area contributed by atoms with Crippen molar-refractivity contribution in [1.29, 1.82) is 0 Å². The van der Waals surface area contributed by atoms with Gasteiger partial charge in [-0.15, -0.1) is 0 Å². The van der Waals surface area contributed by atoms with Crippen LogP contribution in [0, 0.1) is 0 Å². The molecule has 9 heteroatoms. The van der Waals surface area contributed by atoms with E-state index in [-0.39, 0.29) is 10.8 Å². The molecule has 4 rings (SSSR count). The Kier molecular flexibility index (Phi) is 6.24. The summed E-state index contributed by atoms with van der Waals surface area (Å²) in [7, 11) is -2.14. The lowest BCUT2D eigenvalue weighted by molar-refractivity contribution is 0.384. The normalized spacial score (nSPS) is 15.2. The maximum Gasteiger partial charge on any atom is 0.261 e. The molecule has 1 aliphatic rings. The molecule has 1 fully saturated rings. The van der Waals surface area contributed by atoms with Gasteiger partial charge < -0.3 is 14.2 Å². The summed E-state index contributed by atoms with van der Waals surface area (Å²) in [6, 6.07) is 14.8. The molecule has 8 nitrogen and oxygen atoms in total. The highest BCUT2D eigenvalue weighted by atomic mass is 32.2. The number of hydrogen-bond acceptors (Lipinski definition) is 7. The average Bonchev–Trinajstić information content (AvgIpc) is 3.28. The van der Waals surface area contributed by atoms with Gasteiger partial charge in [0, 0.05) is 38.3 Å². The Hall–Kier alpha value is -2.91. The summed E-state index contributed by atoms with van der Waals surface area (Å²) >= 11 is 0. The van der Waals surface area contributed by atoms with Crippen LogP contribution in [0.5, 0.6) is 5.75 Å². The quantitative estimate of drug-likeness (QED) is 0.555. The number of anilines is 1. The number of hydrogen-bond donors (Lipinski definition) is 0. The fourth-order valence-corrected chi connectivity index (χ4v) is 5.13. The third kappa shape index (κ3) is 4.42. The van der Waals surface area contributed by atoms with Crippen molar-refractivity contribution in [2.75, 3.05) is 38.2 Å². The van der Waals surface area contributed by atoms with Crippen LogP contribution in [-0.4, -0.2) is 56.2 Å². The smallest absolute Gasteiger partial charge is 0.261 e. The highest BCUT2D eigenvalue weighted by Crippen LogP contribution is 2.32. The zero-order valence-corrected chi connectivity index (χ0v) is 18.5. The van der Waals surface area contributed by atoms with Gasteiger partial charge in [-0.3, -0.25) is 0 Å². The highest BCUT2D eigenvalue weighted by Gasteiger charge is 2.30. The Labute approximate surface area is 182 Å². The Morgan fingerprint density at radius 3 is 2.48 bits per heavy atom. The molecular formula is C22H26N4O4S. The largest absolute Gasteiger partial charge is 0.496 e. The lowest BCUT2D eigenvalue weighted by atomic mass is 10.2. The summed E-state index contributed by atoms with van der Waals surface area (Å²) in [6.07, 6.45) is 1.58. The Morgan fingerprint density at radius 1 is 1.06 bits per heavy atom. The fourth-order valence-electron chi connectivity index (χ4n) is 3.68. The fraction of sp³-hybridized carbons (Fsp3) is 0.364. The molecule has 164 valence electrons. The number of methoxy groups -OCH3 is 1. The lowest BCUT2D eigenvalue weighted by Crippen LogP contribution is -2.48. The van der Waals surface area contributed by atoms with Gasteiger partial charge in [0.2, 0.25) is 10.0 Å². The van der Waals surface area contributed by atoms with E-state index >= 15 is 0 Å². The summed E-state index contributed by atoms with van der Waals surface area (Å²) in [5.74, 6) is 1.33. The monoisotopic (exact) mass is 442 g/mol. The van der Waals surface area contributed by atoms with Gasteiger partial charge in [0.25, 0.3) is 5.89 Å². The molecule has 0 unspecified atom stereocenters. The number of ether oxygens (including phenoxy) is 1. The molecule has 0 saturated carbocycles. The number of nitrogens with zero attached hydrogens (tertiary/aromatic N) is 4. The Morgan fingerprint density at radius 2 is 1.81 bits per heavy atom. The first-order chi connectivity index (χ1) is 15.0. The molecule has 0 aliphatic carbocycles. The number of rotatable bonds is 7. The third-order valence-electron chi connectivity index (χ3n) is 5.34. The average molecular weight is 443 g/mol. The summed E-state index contributed by atoms with van der Waals surface area (Å²) in [5.41, 5.74) is 1.58. The van der Waals surface area contributed by atoms with E-state index in [0.29, 0.717) is 49.7 Å². The van der Waals surface area contributed by atoms with Crippen LogP contribution in [0.3, 0.4) is 0 Å². The first-order valence-electron chi connectivity index (χ1n) is 10.3. The van der Waals surface area contributed by atoms with Crippen molar-refractivity contribution in [3.63, 3.8) is 0 Å². The van der Waals surface area contributed by atoms with Gasteiger partial charge in [-0.2, -0.15) is 9.29 Å². The van der Waals surface area contributed by atoms with E-state index in [1.807, 2.05) is 37.3 Å². The minimum absolute atomic E-state index is 0.187. The highest BCUT2D eigenvalue weighted by molar-refractivity contribution is 7.89. The van der Waals surface area contributed by atoms with E-state index in [9.17, 15) is 8.42 Å². The van der Waals surface area contributed by atoms with Crippen LogP contribution >= 0.6 is 0 Å². The van der Waals surface area contributed by atoms with Crippen molar-refractivity contribution in [2.24, 2.45) is 0 Å². The molecule has 31 heavy (non-hydrogen) atoms. The molecule has 0 N–H and O–H groups in total. The summed E-state index contributed by atoms with van der Waals surface area (Å²) in [6.45, 7) is 4.13. The molecule has 2 aromatic carbocycles. The van der Waals surface area contributed by atoms with Crippen molar-refractivity contribution in [2.45, 2.75) is 24.7 Å². The van der Waals surface area contributed by atoms with Gasteiger partial charge >= 0.3 is 0 Å². The molecule has 2 heterocycles. The molecule has 0 spiro atoms. The van der Waals surface area contributed by atoms with Crippen LogP contribution in [0.15, 0.2) is 57.9 Å². The van der Waals surface area contributed by atoms with Gasteiger partial charge in [-0.25, -0.2) is 8.42 Å². The Bertz CT molecular complexity index is 1120. The van der Waals surface area contributed by atoms with Gasteiger partial charge in [0.1, 0.15) is 5.75 Å². The van der Waals surface area contributed by atoms with Crippen LogP contribution in [0.4, 0.5) is 5.69 Å². The number of piperazine rings is 1. The first kappa shape index (κ1) is 21.3. The molecule has 0 atom stereocenters. The Balaban J connectivity index is 1.57. The molecule has 0 radical (unpaired) electrons. The summed E-state index contributed by atoms with van der Waals surface area (Å²) in [5, 5.41) is 3.97. The molecular weight excluding hydrogens is 416 g/mol. The van der Waals surface area contributed by atoms with Crippen LogP contribution < -0.4 is 9.64 Å². The predicted molar refractivity (Wildman–Crippen MR) is 118 cm³/mol. The van der Waals surface area contributed by atoms with E-state index in [4.69, 9.17) is 9.26 Å². The van der Waals surface area contributed by atoms with Crippen LogP contribution in [0.2, 0.25) is 0 Å². The van der Waals surface area contributed by atoms with Crippen molar-refractivity contribution >= 4 is 15.7 Å². The maximum absolute atomic E-state index is 13.3. The maximum atomic E-state index is 13.3. The van der Waals surface area contributed by atoms with Crippen molar-refractivity contribution in [1.82, 2.24) is 14.4 Å². The topological polar surface area (TPSA) is 88.8 Å². The van der Waals surface area contributed by atoms with Crippen molar-refractivity contribution in [3.8, 4) is 17.2 Å². The third-order valence-corrected chi connectivity index (χ3v) is 7.24. The molecule has 0 amide bonds. The zero-order chi connectivity index (χ0) is 21.8. The van der Waals surface area contributed by atoms with Crippen LogP contribution in [-0.2, 0) is 16.4 Å². The van der Waals surface area contributed by atoms with E-state index in [2.05, 4.69) is 15.0 Å². The second-order valence-corrected chi connectivity index (χ2v) is 9.29. The van der Waals surface area contributed by atoms with Gasteiger partial charge in [0.15, 0.2) is 5.82 Å². The molecule has 1 saturated heterocycles. The van der Waals surface area contributed by atoms with E-state index in [1.165, 1.54) is 11.4 Å². The zero-order valence-electron chi connectivity index (χ0n) is 17.7. The predicted octanol–water partition coefficient (Wildman–Crippen LogP) is 3.21. The van der Waals surface area contributed by atoms with Crippen LogP contribution in [0.1, 0.15) is 19.2 Å². The lowest BCUT2D eigenvalue weighted by Gasteiger charge is -2.35. The van der Waals surface area contributed by atoms with Crippen molar-refractivity contribution in [3.05, 3.63) is 54.4 Å². The number of aromatic nitrogens is 2. The second-order valence-electron chi connectivity index (χ2n) is 7.35.